The van der Waals surface area contributed by atoms with Gasteiger partial charge in [-0.25, -0.2) is 14.5 Å². The van der Waals surface area contributed by atoms with Crippen molar-refractivity contribution in [2.24, 2.45) is 0 Å². The molecule has 3 fully saturated rings. The average molecular weight is 545 g/mol. The van der Waals surface area contributed by atoms with Crippen molar-refractivity contribution >= 4 is 28.3 Å². The van der Waals surface area contributed by atoms with E-state index in [1.165, 1.54) is 6.42 Å². The number of hydrogen-bond donors (Lipinski definition) is 1. The Labute approximate surface area is 233 Å². The van der Waals surface area contributed by atoms with Crippen LogP contribution in [0.2, 0.25) is 0 Å². The summed E-state index contributed by atoms with van der Waals surface area (Å²) in [5.41, 5.74) is 5.57. The number of piperidine rings is 1. The molecule has 7 rings (SSSR count). The lowest BCUT2D eigenvalue weighted by atomic mass is 9.82. The number of carboxylic acids is 1. The van der Waals surface area contributed by atoms with E-state index in [1.807, 2.05) is 16.8 Å². The zero-order valence-electron chi connectivity index (χ0n) is 22.8. The summed E-state index contributed by atoms with van der Waals surface area (Å²) in [7, 11) is 0. The van der Waals surface area contributed by atoms with E-state index in [0.717, 1.165) is 105 Å². The molecule has 0 radical (unpaired) electrons. The Morgan fingerprint density at radius 1 is 1.00 bits per heavy atom. The van der Waals surface area contributed by atoms with Gasteiger partial charge >= 0.3 is 5.97 Å². The smallest absolute Gasteiger partial charge is 0.354 e. The van der Waals surface area contributed by atoms with Gasteiger partial charge in [-0.05, 0) is 55.9 Å². The fourth-order valence-corrected chi connectivity index (χ4v) is 6.53. The number of aromatic carboxylic acids is 1. The van der Waals surface area contributed by atoms with Crippen LogP contribution in [0.5, 0.6) is 0 Å². The molecule has 0 unspecified atom stereocenters. The maximum atomic E-state index is 12.3. The lowest BCUT2D eigenvalue weighted by Crippen LogP contribution is -2.49. The van der Waals surface area contributed by atoms with Gasteiger partial charge in [0, 0.05) is 44.3 Å². The van der Waals surface area contributed by atoms with Gasteiger partial charge in [-0.1, -0.05) is 12.5 Å². The molecule has 0 aromatic carbocycles. The first-order chi connectivity index (χ1) is 19.7. The Bertz CT molecular complexity index is 1430. The monoisotopic (exact) mass is 544 g/mol. The molecule has 0 spiro atoms. The first-order valence-corrected chi connectivity index (χ1v) is 14.6. The summed E-state index contributed by atoms with van der Waals surface area (Å²) in [5, 5.41) is 16.2. The van der Waals surface area contributed by atoms with Crippen LogP contribution in [0.1, 0.15) is 66.3 Å². The molecule has 10 nitrogen and oxygen atoms in total. The fraction of sp³-hybridized carbons (Fsp3) is 0.533. The summed E-state index contributed by atoms with van der Waals surface area (Å²) in [6, 6.07) is 6.29. The Hall–Kier alpha value is -3.34. The molecule has 210 valence electrons. The Kier molecular flexibility index (Phi) is 6.99. The van der Waals surface area contributed by atoms with Gasteiger partial charge in [0.1, 0.15) is 0 Å². The van der Waals surface area contributed by atoms with Crippen molar-refractivity contribution in [2.75, 3.05) is 57.5 Å². The predicted octanol–water partition coefficient (Wildman–Crippen LogP) is 3.89. The van der Waals surface area contributed by atoms with E-state index in [4.69, 9.17) is 19.6 Å². The van der Waals surface area contributed by atoms with E-state index >= 15 is 0 Å². The van der Waals surface area contributed by atoms with Gasteiger partial charge in [0.15, 0.2) is 11.3 Å². The van der Waals surface area contributed by atoms with E-state index in [2.05, 4.69) is 20.9 Å². The molecule has 0 bridgehead atoms. The summed E-state index contributed by atoms with van der Waals surface area (Å²) in [4.78, 5) is 26.5. The predicted molar refractivity (Wildman–Crippen MR) is 151 cm³/mol. The normalized spacial score (nSPS) is 21.4. The number of nitrogens with zero attached hydrogens (tertiary/aromatic N) is 6. The number of anilines is 1. The van der Waals surface area contributed by atoms with Crippen LogP contribution in [0.4, 0.5) is 5.69 Å². The summed E-state index contributed by atoms with van der Waals surface area (Å²) >= 11 is 0. The third-order valence-corrected chi connectivity index (χ3v) is 9.00. The number of pyridine rings is 2. The number of aromatic nitrogens is 4. The maximum absolute atomic E-state index is 12.3. The van der Waals surface area contributed by atoms with Gasteiger partial charge in [-0.15, -0.1) is 0 Å². The molecule has 40 heavy (non-hydrogen) atoms. The number of ether oxygens (including phenoxy) is 2. The van der Waals surface area contributed by atoms with E-state index < -0.39 is 5.97 Å². The van der Waals surface area contributed by atoms with Gasteiger partial charge in [0.2, 0.25) is 0 Å². The number of hydrogen-bond acceptors (Lipinski definition) is 8. The molecule has 1 saturated carbocycles. The highest BCUT2D eigenvalue weighted by atomic mass is 16.5. The summed E-state index contributed by atoms with van der Waals surface area (Å²) in [6.07, 6.45) is 10.2. The molecule has 3 aromatic heterocycles. The lowest BCUT2D eigenvalue weighted by Gasteiger charge is -2.41. The Balaban J connectivity index is 1.30. The van der Waals surface area contributed by atoms with Crippen LogP contribution in [0.3, 0.4) is 0 Å². The van der Waals surface area contributed by atoms with Crippen molar-refractivity contribution in [3.8, 4) is 5.69 Å². The highest BCUT2D eigenvalue weighted by Crippen LogP contribution is 2.43. The van der Waals surface area contributed by atoms with Crippen LogP contribution < -0.4 is 4.90 Å². The van der Waals surface area contributed by atoms with Crippen molar-refractivity contribution in [3.63, 3.8) is 0 Å². The van der Waals surface area contributed by atoms with Crippen molar-refractivity contribution in [3.05, 3.63) is 47.6 Å². The third-order valence-electron chi connectivity index (χ3n) is 9.00. The molecule has 1 aliphatic carbocycles. The van der Waals surface area contributed by atoms with Crippen LogP contribution in [0, 0.1) is 0 Å². The van der Waals surface area contributed by atoms with E-state index in [-0.39, 0.29) is 5.69 Å². The molecule has 0 atom stereocenters. The number of carbonyl (C=O) groups is 1. The van der Waals surface area contributed by atoms with Crippen LogP contribution in [0.25, 0.3) is 22.3 Å². The number of carboxylic acid groups (broad SMARTS) is 1. The third kappa shape index (κ3) is 4.78. The quantitative estimate of drug-likeness (QED) is 0.495. The van der Waals surface area contributed by atoms with E-state index in [1.54, 1.807) is 12.3 Å². The zero-order chi connectivity index (χ0) is 27.1. The van der Waals surface area contributed by atoms with Gasteiger partial charge in [0.05, 0.1) is 54.6 Å². The molecule has 1 N–H and O–H groups in total. The van der Waals surface area contributed by atoms with E-state index in [9.17, 15) is 9.90 Å². The summed E-state index contributed by atoms with van der Waals surface area (Å²) in [5.74, 6) is -0.655. The topological polar surface area (TPSA) is 106 Å². The summed E-state index contributed by atoms with van der Waals surface area (Å²) < 4.78 is 12.9. The molecular weight excluding hydrogens is 508 g/mol. The molecule has 3 aromatic rings. The van der Waals surface area contributed by atoms with Crippen molar-refractivity contribution in [1.29, 1.82) is 0 Å². The van der Waals surface area contributed by atoms with Gasteiger partial charge in [0.25, 0.3) is 0 Å². The standard InChI is InChI=1S/C30H36N6O4/c37-30(38)25-19-26(35-10-5-22(6-11-35)34-12-16-40-17-13-34)27-28(21-2-1-3-21)33-36(29(27)32-25)23-4-9-31-24(18-23)20-7-14-39-15-8-20/h4,7,9,18-19,21-22H,1-3,5-6,8,10-17H2,(H,37,38). The Morgan fingerprint density at radius 2 is 1.82 bits per heavy atom. The first kappa shape index (κ1) is 25.6. The largest absolute Gasteiger partial charge is 0.477 e. The summed E-state index contributed by atoms with van der Waals surface area (Å²) in [6.45, 7) is 6.62. The van der Waals surface area contributed by atoms with Crippen molar-refractivity contribution in [1.82, 2.24) is 24.6 Å². The number of fused-ring (bicyclic) bond motifs is 1. The van der Waals surface area contributed by atoms with Crippen LogP contribution >= 0.6 is 0 Å². The highest BCUT2D eigenvalue weighted by molar-refractivity contribution is 5.98. The number of rotatable bonds is 6. The van der Waals surface area contributed by atoms with Crippen molar-refractivity contribution < 1.29 is 19.4 Å². The molecule has 4 aliphatic rings. The van der Waals surface area contributed by atoms with Gasteiger partial charge < -0.3 is 19.5 Å². The minimum Gasteiger partial charge on any atom is -0.477 e. The minimum absolute atomic E-state index is 0.0560. The lowest BCUT2D eigenvalue weighted by molar-refractivity contribution is 0.0115. The van der Waals surface area contributed by atoms with E-state index in [0.29, 0.717) is 30.8 Å². The first-order valence-electron chi connectivity index (χ1n) is 14.6. The van der Waals surface area contributed by atoms with Gasteiger partial charge in [-0.2, -0.15) is 5.10 Å². The van der Waals surface area contributed by atoms with Crippen LogP contribution in [-0.2, 0) is 9.47 Å². The molecule has 6 heterocycles. The maximum Gasteiger partial charge on any atom is 0.354 e. The second-order valence-corrected chi connectivity index (χ2v) is 11.3. The Morgan fingerprint density at radius 3 is 2.52 bits per heavy atom. The van der Waals surface area contributed by atoms with Crippen molar-refractivity contribution in [2.45, 2.75) is 50.5 Å². The van der Waals surface area contributed by atoms with Gasteiger partial charge in [-0.3, -0.25) is 9.88 Å². The minimum atomic E-state index is -1.02. The molecule has 10 heteroatoms. The molecule has 0 amide bonds. The van der Waals surface area contributed by atoms with Crippen LogP contribution in [0.15, 0.2) is 30.5 Å². The molecular formula is C30H36N6O4. The molecule has 3 aliphatic heterocycles. The SMILES string of the molecule is O=C(O)c1cc(N2CCC(N3CCOCC3)CC2)c2c(C3CCC3)nn(-c3ccnc(C4=CCOCC4)c3)c2n1. The average Bonchev–Trinajstić information content (AvgIpc) is 3.36. The molecule has 2 saturated heterocycles. The number of morpholine rings is 1. The highest BCUT2D eigenvalue weighted by Gasteiger charge is 2.32. The second kappa shape index (κ2) is 10.9. The fourth-order valence-electron chi connectivity index (χ4n) is 6.53. The second-order valence-electron chi connectivity index (χ2n) is 11.3. The van der Waals surface area contributed by atoms with Crippen LogP contribution in [-0.4, -0.2) is 94.4 Å². The zero-order valence-corrected chi connectivity index (χ0v) is 22.8.